The highest BCUT2D eigenvalue weighted by Gasteiger charge is 2.42. The summed E-state index contributed by atoms with van der Waals surface area (Å²) in [4.78, 5) is 0. The minimum atomic E-state index is -0.396. The van der Waals surface area contributed by atoms with Crippen LogP contribution in [0.15, 0.2) is 36.4 Å². The molecule has 0 aliphatic heterocycles. The second-order valence-electron chi connectivity index (χ2n) is 10.2. The molecule has 3 rings (SSSR count). The highest BCUT2D eigenvalue weighted by molar-refractivity contribution is 5.82. The van der Waals surface area contributed by atoms with Gasteiger partial charge in [0.15, 0.2) is 0 Å². The number of benzene rings is 2. The molecule has 0 bridgehead atoms. The summed E-state index contributed by atoms with van der Waals surface area (Å²) in [6.45, 7) is 11.0. The minimum absolute atomic E-state index is 0.104. The second kappa shape index (κ2) is 10.8. The monoisotopic (exact) mass is 420 g/mol. The number of hydrogen-bond donors (Lipinski definition) is 1. The van der Waals surface area contributed by atoms with E-state index in [9.17, 15) is 5.11 Å². The number of aryl methyl sites for hydroxylation is 1. The van der Waals surface area contributed by atoms with E-state index in [1.54, 1.807) is 0 Å². The van der Waals surface area contributed by atoms with Crippen LogP contribution in [-0.2, 0) is 5.41 Å². The summed E-state index contributed by atoms with van der Waals surface area (Å²) in [6.07, 6.45) is 12.5. The summed E-state index contributed by atoms with van der Waals surface area (Å²) in [5.41, 5.74) is 8.33. The van der Waals surface area contributed by atoms with Crippen LogP contribution in [-0.4, -0.2) is 5.11 Å². The lowest BCUT2D eigenvalue weighted by atomic mass is 9.70. The number of hydrogen-bond acceptors (Lipinski definition) is 1. The van der Waals surface area contributed by atoms with Gasteiger partial charge in [0.05, 0.1) is 6.10 Å². The summed E-state index contributed by atoms with van der Waals surface area (Å²) < 4.78 is 0. The first kappa shape index (κ1) is 24.1. The first-order valence-electron chi connectivity index (χ1n) is 12.9. The average molecular weight is 421 g/mol. The molecule has 0 fully saturated rings. The smallest absolute Gasteiger partial charge is 0.0815 e. The molecule has 0 heterocycles. The van der Waals surface area contributed by atoms with Crippen molar-refractivity contribution in [2.45, 2.75) is 110 Å². The molecule has 0 aromatic heterocycles. The van der Waals surface area contributed by atoms with Gasteiger partial charge in [0, 0.05) is 5.41 Å². The van der Waals surface area contributed by atoms with E-state index in [0.717, 1.165) is 5.56 Å². The number of aliphatic hydroxyl groups excluding tert-OH is 1. The van der Waals surface area contributed by atoms with E-state index in [0.29, 0.717) is 0 Å². The van der Waals surface area contributed by atoms with E-state index >= 15 is 0 Å². The van der Waals surface area contributed by atoms with Crippen molar-refractivity contribution in [2.24, 2.45) is 5.92 Å². The summed E-state index contributed by atoms with van der Waals surface area (Å²) in [6, 6.07) is 13.9. The standard InChI is InChI=1S/C30H44O/c1-6-8-10-14-18-30(19-15-11-9-7-2)27-17-13-12-16-24(27)26-20-23(5)25(21-28(26)30)29(31)22(3)4/h12-13,16-17,20-22,29,31H,6-11,14-15,18-19H2,1-5H3. The first-order valence-corrected chi connectivity index (χ1v) is 12.9. The maximum atomic E-state index is 11.0. The van der Waals surface area contributed by atoms with Crippen LogP contribution >= 0.6 is 0 Å². The lowest BCUT2D eigenvalue weighted by Crippen LogP contribution is -2.26. The molecule has 1 unspecified atom stereocenters. The van der Waals surface area contributed by atoms with Gasteiger partial charge in [-0.25, -0.2) is 0 Å². The molecular formula is C30H44O. The van der Waals surface area contributed by atoms with E-state index in [1.165, 1.54) is 92.0 Å². The Morgan fingerprint density at radius 3 is 1.97 bits per heavy atom. The fourth-order valence-corrected chi connectivity index (χ4v) is 5.67. The average Bonchev–Trinajstić information content (AvgIpc) is 3.02. The van der Waals surface area contributed by atoms with Gasteiger partial charge >= 0.3 is 0 Å². The molecule has 2 aromatic carbocycles. The van der Waals surface area contributed by atoms with Crippen molar-refractivity contribution in [1.29, 1.82) is 0 Å². The highest BCUT2D eigenvalue weighted by Crippen LogP contribution is 2.55. The van der Waals surface area contributed by atoms with Gasteiger partial charge in [0.25, 0.3) is 0 Å². The van der Waals surface area contributed by atoms with Crippen molar-refractivity contribution < 1.29 is 5.11 Å². The summed E-state index contributed by atoms with van der Waals surface area (Å²) >= 11 is 0. The third-order valence-corrected chi connectivity index (χ3v) is 7.52. The number of aliphatic hydroxyl groups is 1. The van der Waals surface area contributed by atoms with Crippen LogP contribution in [0.25, 0.3) is 11.1 Å². The Bertz CT molecular complexity index is 835. The van der Waals surface area contributed by atoms with Gasteiger partial charge in [-0.15, -0.1) is 0 Å². The van der Waals surface area contributed by atoms with Crippen LogP contribution in [0, 0.1) is 12.8 Å². The van der Waals surface area contributed by atoms with Crippen LogP contribution in [0.3, 0.4) is 0 Å². The lowest BCUT2D eigenvalue weighted by molar-refractivity contribution is 0.126. The molecule has 0 radical (unpaired) electrons. The SMILES string of the molecule is CCCCCCC1(CCCCCC)c2ccccc2-c2cc(C)c(C(O)C(C)C)cc21. The Kier molecular flexibility index (Phi) is 8.39. The third kappa shape index (κ3) is 4.92. The number of rotatable bonds is 12. The molecule has 31 heavy (non-hydrogen) atoms. The molecule has 1 atom stereocenters. The van der Waals surface area contributed by atoms with Gasteiger partial charge in [-0.05, 0) is 59.1 Å². The molecule has 2 aromatic rings. The maximum Gasteiger partial charge on any atom is 0.0815 e. The van der Waals surface area contributed by atoms with E-state index in [2.05, 4.69) is 71.0 Å². The summed E-state index contributed by atoms with van der Waals surface area (Å²) in [5, 5.41) is 11.0. The zero-order valence-electron chi connectivity index (χ0n) is 20.6. The largest absolute Gasteiger partial charge is 0.388 e. The van der Waals surface area contributed by atoms with Crippen molar-refractivity contribution in [3.63, 3.8) is 0 Å². The van der Waals surface area contributed by atoms with Crippen LogP contribution in [0.2, 0.25) is 0 Å². The normalized spacial score (nSPS) is 15.2. The van der Waals surface area contributed by atoms with Crippen LogP contribution in [0.5, 0.6) is 0 Å². The highest BCUT2D eigenvalue weighted by atomic mass is 16.3. The number of unbranched alkanes of at least 4 members (excludes halogenated alkanes) is 6. The summed E-state index contributed by atoms with van der Waals surface area (Å²) in [5.74, 6) is 0.226. The predicted octanol–water partition coefficient (Wildman–Crippen LogP) is 8.89. The molecule has 0 amide bonds. The quantitative estimate of drug-likeness (QED) is 0.340. The van der Waals surface area contributed by atoms with E-state index in [4.69, 9.17) is 0 Å². The lowest BCUT2D eigenvalue weighted by Gasteiger charge is -2.34. The molecule has 1 aliphatic carbocycles. The zero-order valence-corrected chi connectivity index (χ0v) is 20.6. The van der Waals surface area contributed by atoms with Gasteiger partial charge in [0.1, 0.15) is 0 Å². The van der Waals surface area contributed by atoms with Crippen molar-refractivity contribution in [2.75, 3.05) is 0 Å². The predicted molar refractivity (Wildman–Crippen MR) is 135 cm³/mol. The van der Waals surface area contributed by atoms with Gasteiger partial charge in [-0.3, -0.25) is 0 Å². The minimum Gasteiger partial charge on any atom is -0.388 e. The Labute approximate surface area is 191 Å². The molecule has 1 aliphatic rings. The fraction of sp³-hybridized carbons (Fsp3) is 0.600. The van der Waals surface area contributed by atoms with E-state index in [-0.39, 0.29) is 11.3 Å². The Morgan fingerprint density at radius 1 is 0.774 bits per heavy atom. The van der Waals surface area contributed by atoms with Gasteiger partial charge in [-0.2, -0.15) is 0 Å². The number of fused-ring (bicyclic) bond motifs is 3. The molecule has 1 N–H and O–H groups in total. The van der Waals surface area contributed by atoms with Crippen LogP contribution in [0.1, 0.15) is 120 Å². The van der Waals surface area contributed by atoms with Crippen molar-refractivity contribution in [3.8, 4) is 11.1 Å². The first-order chi connectivity index (χ1) is 15.0. The maximum absolute atomic E-state index is 11.0. The topological polar surface area (TPSA) is 20.2 Å². The molecule has 1 heteroatoms. The third-order valence-electron chi connectivity index (χ3n) is 7.52. The van der Waals surface area contributed by atoms with E-state index in [1.807, 2.05) is 0 Å². The molecule has 1 nitrogen and oxygen atoms in total. The Balaban J connectivity index is 2.10. The second-order valence-corrected chi connectivity index (χ2v) is 10.2. The Morgan fingerprint density at radius 2 is 1.39 bits per heavy atom. The molecular weight excluding hydrogens is 376 g/mol. The van der Waals surface area contributed by atoms with Crippen molar-refractivity contribution in [1.82, 2.24) is 0 Å². The summed E-state index contributed by atoms with van der Waals surface area (Å²) in [7, 11) is 0. The van der Waals surface area contributed by atoms with Crippen LogP contribution < -0.4 is 0 Å². The van der Waals surface area contributed by atoms with Crippen molar-refractivity contribution in [3.05, 3.63) is 58.7 Å². The van der Waals surface area contributed by atoms with E-state index < -0.39 is 6.10 Å². The molecule has 170 valence electrons. The fourth-order valence-electron chi connectivity index (χ4n) is 5.67. The van der Waals surface area contributed by atoms with Crippen LogP contribution in [0.4, 0.5) is 0 Å². The Hall–Kier alpha value is -1.60. The molecule has 0 saturated carbocycles. The van der Waals surface area contributed by atoms with Gasteiger partial charge < -0.3 is 5.11 Å². The molecule has 0 saturated heterocycles. The van der Waals surface area contributed by atoms with Gasteiger partial charge in [-0.1, -0.05) is 115 Å². The van der Waals surface area contributed by atoms with Crippen molar-refractivity contribution >= 4 is 0 Å². The molecule has 0 spiro atoms. The zero-order chi connectivity index (χ0) is 22.4. The van der Waals surface area contributed by atoms with Gasteiger partial charge in [0.2, 0.25) is 0 Å².